The molecule has 0 bridgehead atoms. The molecule has 0 radical (unpaired) electrons. The van der Waals surface area contributed by atoms with Gasteiger partial charge < -0.3 is 15.1 Å². The molecule has 5 rings (SSSR count). The molecule has 36 heavy (non-hydrogen) atoms. The van der Waals surface area contributed by atoms with Crippen molar-refractivity contribution < 1.29 is 22.8 Å². The largest absolute Gasteiger partial charge is 0.416 e. The van der Waals surface area contributed by atoms with Gasteiger partial charge in [-0.3, -0.25) is 9.59 Å². The van der Waals surface area contributed by atoms with Crippen LogP contribution in [-0.2, 0) is 6.18 Å². The lowest BCUT2D eigenvalue weighted by atomic mass is 10.00. The van der Waals surface area contributed by atoms with Crippen molar-refractivity contribution in [2.45, 2.75) is 24.7 Å². The normalized spacial score (nSPS) is 18.2. The summed E-state index contributed by atoms with van der Waals surface area (Å²) >= 11 is 0. The number of carbonyl (C=O) groups is 2. The average Bonchev–Trinajstić information content (AvgIpc) is 3.34. The Morgan fingerprint density at radius 3 is 2.06 bits per heavy atom. The van der Waals surface area contributed by atoms with Crippen LogP contribution in [0.2, 0.25) is 0 Å². The molecule has 1 atom stereocenters. The summed E-state index contributed by atoms with van der Waals surface area (Å²) < 4.78 is 39.0. The lowest BCUT2D eigenvalue weighted by Gasteiger charge is -2.41. The first-order valence-corrected chi connectivity index (χ1v) is 12.0. The number of nitrogens with zero attached hydrogens (tertiary/aromatic N) is 2. The van der Waals surface area contributed by atoms with Crippen LogP contribution in [0.25, 0.3) is 11.1 Å². The smallest absolute Gasteiger partial charge is 0.337 e. The summed E-state index contributed by atoms with van der Waals surface area (Å²) in [6.45, 7) is 2.52. The van der Waals surface area contributed by atoms with Crippen LogP contribution < -0.4 is 5.32 Å². The number of alkyl halides is 3. The molecule has 3 aromatic carbocycles. The Balaban J connectivity index is 1.12. The Bertz CT molecular complexity index is 1240. The lowest BCUT2D eigenvalue weighted by molar-refractivity contribution is -0.137. The summed E-state index contributed by atoms with van der Waals surface area (Å²) in [4.78, 5) is 29.1. The number of amides is 2. The van der Waals surface area contributed by atoms with Crippen molar-refractivity contribution in [1.82, 2.24) is 15.1 Å². The van der Waals surface area contributed by atoms with Gasteiger partial charge >= 0.3 is 6.18 Å². The second kappa shape index (κ2) is 9.78. The number of halogens is 3. The molecule has 0 unspecified atom stereocenters. The van der Waals surface area contributed by atoms with Gasteiger partial charge in [0.25, 0.3) is 11.8 Å². The van der Waals surface area contributed by atoms with E-state index >= 15 is 0 Å². The number of carbonyl (C=O) groups excluding carboxylic acids is 2. The minimum Gasteiger partial charge on any atom is -0.337 e. The Kier molecular flexibility index (Phi) is 6.53. The van der Waals surface area contributed by atoms with E-state index in [9.17, 15) is 22.8 Å². The second-order valence-corrected chi connectivity index (χ2v) is 9.33. The molecule has 0 spiro atoms. The molecule has 2 saturated heterocycles. The quantitative estimate of drug-likeness (QED) is 0.561. The van der Waals surface area contributed by atoms with Crippen molar-refractivity contribution >= 4 is 11.8 Å². The summed E-state index contributed by atoms with van der Waals surface area (Å²) in [6, 6.07) is 21.4. The zero-order valence-electron chi connectivity index (χ0n) is 19.5. The van der Waals surface area contributed by atoms with Gasteiger partial charge in [0.15, 0.2) is 0 Å². The molecule has 8 heteroatoms. The van der Waals surface area contributed by atoms with E-state index in [0.717, 1.165) is 18.6 Å². The SMILES string of the molecule is O=C(c1ccc(-c2cccc(C(F)(F)F)c2)cc1)N1CC(N[C@H]2CCN(C(=O)c3ccccc3)C2)C1. The Labute approximate surface area is 207 Å². The summed E-state index contributed by atoms with van der Waals surface area (Å²) in [5.41, 5.74) is 1.57. The van der Waals surface area contributed by atoms with Crippen LogP contribution in [0, 0.1) is 0 Å². The predicted molar refractivity (Wildman–Crippen MR) is 130 cm³/mol. The van der Waals surface area contributed by atoms with Gasteiger partial charge in [0.05, 0.1) is 5.56 Å². The standard InChI is InChI=1S/C28H26F3N3O2/c29-28(30,31)23-8-4-7-22(15-23)19-9-11-21(12-10-19)27(36)34-17-25(18-34)32-24-13-14-33(16-24)26(35)20-5-2-1-3-6-20/h1-12,15,24-25,32H,13-14,16-18H2/t24-/m0/s1. The van der Waals surface area contributed by atoms with E-state index in [1.807, 2.05) is 35.2 Å². The first kappa shape index (κ1) is 24.1. The van der Waals surface area contributed by atoms with Crippen LogP contribution in [0.3, 0.4) is 0 Å². The van der Waals surface area contributed by atoms with E-state index in [0.29, 0.717) is 48.4 Å². The number of benzene rings is 3. The Hall–Kier alpha value is -3.65. The van der Waals surface area contributed by atoms with Gasteiger partial charge in [-0.1, -0.05) is 42.5 Å². The summed E-state index contributed by atoms with van der Waals surface area (Å²) in [5, 5.41) is 3.56. The predicted octanol–water partition coefficient (Wildman–Crippen LogP) is 4.70. The number of hydrogen-bond donors (Lipinski definition) is 1. The fourth-order valence-corrected chi connectivity index (χ4v) is 4.79. The van der Waals surface area contributed by atoms with Crippen molar-refractivity contribution in [2.24, 2.45) is 0 Å². The van der Waals surface area contributed by atoms with E-state index in [4.69, 9.17) is 0 Å². The third kappa shape index (κ3) is 5.14. The highest BCUT2D eigenvalue weighted by atomic mass is 19.4. The molecule has 1 N–H and O–H groups in total. The molecule has 5 nitrogen and oxygen atoms in total. The maximum atomic E-state index is 13.0. The lowest BCUT2D eigenvalue weighted by Crippen LogP contribution is -2.62. The van der Waals surface area contributed by atoms with Crippen LogP contribution in [-0.4, -0.2) is 59.9 Å². The van der Waals surface area contributed by atoms with Crippen molar-refractivity contribution in [3.63, 3.8) is 0 Å². The molecule has 2 amide bonds. The highest BCUT2D eigenvalue weighted by Crippen LogP contribution is 2.32. The zero-order valence-corrected chi connectivity index (χ0v) is 19.5. The van der Waals surface area contributed by atoms with Gasteiger partial charge in [0.1, 0.15) is 0 Å². The minimum absolute atomic E-state index is 0.0406. The van der Waals surface area contributed by atoms with Crippen LogP contribution in [0.15, 0.2) is 78.9 Å². The van der Waals surface area contributed by atoms with Crippen LogP contribution in [0.4, 0.5) is 13.2 Å². The monoisotopic (exact) mass is 493 g/mol. The molecule has 3 aromatic rings. The molecule has 2 heterocycles. The van der Waals surface area contributed by atoms with E-state index in [-0.39, 0.29) is 23.9 Å². The number of likely N-dealkylation sites (tertiary alicyclic amines) is 2. The van der Waals surface area contributed by atoms with E-state index in [1.165, 1.54) is 6.07 Å². The fraction of sp³-hybridized carbons (Fsp3) is 0.286. The zero-order chi connectivity index (χ0) is 25.3. The first-order valence-electron chi connectivity index (χ1n) is 12.0. The average molecular weight is 494 g/mol. The summed E-state index contributed by atoms with van der Waals surface area (Å²) in [7, 11) is 0. The van der Waals surface area contributed by atoms with E-state index in [1.54, 1.807) is 35.2 Å². The highest BCUT2D eigenvalue weighted by molar-refractivity contribution is 5.95. The first-order chi connectivity index (χ1) is 17.3. The molecule has 0 aromatic heterocycles. The van der Waals surface area contributed by atoms with Gasteiger partial charge in [0.2, 0.25) is 0 Å². The van der Waals surface area contributed by atoms with Gasteiger partial charge in [-0.25, -0.2) is 0 Å². The molecule has 0 aliphatic carbocycles. The number of rotatable bonds is 5. The number of nitrogens with one attached hydrogen (secondary N) is 1. The molecular formula is C28H26F3N3O2. The third-order valence-corrected chi connectivity index (χ3v) is 6.79. The van der Waals surface area contributed by atoms with Crippen molar-refractivity contribution in [1.29, 1.82) is 0 Å². The topological polar surface area (TPSA) is 52.7 Å². The van der Waals surface area contributed by atoms with Gasteiger partial charge in [-0.05, 0) is 53.9 Å². The second-order valence-electron chi connectivity index (χ2n) is 9.33. The Morgan fingerprint density at radius 2 is 1.36 bits per heavy atom. The number of hydrogen-bond acceptors (Lipinski definition) is 3. The van der Waals surface area contributed by atoms with Crippen molar-refractivity contribution in [3.8, 4) is 11.1 Å². The van der Waals surface area contributed by atoms with Gasteiger partial charge in [-0.15, -0.1) is 0 Å². The maximum Gasteiger partial charge on any atom is 0.416 e. The highest BCUT2D eigenvalue weighted by Gasteiger charge is 2.35. The molecule has 2 aliphatic rings. The third-order valence-electron chi connectivity index (χ3n) is 6.79. The fourth-order valence-electron chi connectivity index (χ4n) is 4.79. The summed E-state index contributed by atoms with van der Waals surface area (Å²) in [5.74, 6) is -0.0603. The minimum atomic E-state index is -4.40. The van der Waals surface area contributed by atoms with E-state index < -0.39 is 11.7 Å². The molecule has 2 aliphatic heterocycles. The van der Waals surface area contributed by atoms with Crippen molar-refractivity contribution in [3.05, 3.63) is 95.6 Å². The van der Waals surface area contributed by atoms with Crippen LogP contribution in [0.5, 0.6) is 0 Å². The van der Waals surface area contributed by atoms with Crippen LogP contribution in [0.1, 0.15) is 32.7 Å². The molecule has 2 fully saturated rings. The van der Waals surface area contributed by atoms with Crippen molar-refractivity contribution in [2.75, 3.05) is 26.2 Å². The Morgan fingerprint density at radius 1 is 0.722 bits per heavy atom. The summed E-state index contributed by atoms with van der Waals surface area (Å²) in [6.07, 6.45) is -3.53. The van der Waals surface area contributed by atoms with Gasteiger partial charge in [-0.2, -0.15) is 13.2 Å². The van der Waals surface area contributed by atoms with E-state index in [2.05, 4.69) is 5.32 Å². The molecular weight excluding hydrogens is 467 g/mol. The molecule has 0 saturated carbocycles. The molecule has 186 valence electrons. The maximum absolute atomic E-state index is 13.0. The van der Waals surface area contributed by atoms with Gasteiger partial charge in [0, 0.05) is 49.4 Å². The van der Waals surface area contributed by atoms with Crippen LogP contribution >= 0.6 is 0 Å².